The molecule has 1 amide bonds. The Morgan fingerprint density at radius 1 is 1.17 bits per heavy atom. The summed E-state index contributed by atoms with van der Waals surface area (Å²) in [4.78, 5) is 32.4. The first-order valence-corrected chi connectivity index (χ1v) is 9.60. The van der Waals surface area contributed by atoms with Crippen LogP contribution in [0.4, 0.5) is 5.95 Å². The van der Waals surface area contributed by atoms with Crippen LogP contribution in [-0.2, 0) is 4.79 Å². The van der Waals surface area contributed by atoms with Crippen LogP contribution >= 0.6 is 0 Å². The lowest BCUT2D eigenvalue weighted by Crippen LogP contribution is -2.59. The van der Waals surface area contributed by atoms with Crippen LogP contribution in [0, 0.1) is 0 Å². The SMILES string of the molecule is CC(=O)N[C@]1(C)C[C@H](Nc2ncc3c(-c4ccc5nccnc5c4)c[nH]c3n2)C1. The third-order valence-electron chi connectivity index (χ3n) is 5.42. The number of rotatable bonds is 4. The van der Waals surface area contributed by atoms with Gasteiger partial charge in [-0.15, -0.1) is 0 Å². The predicted molar refractivity (Wildman–Crippen MR) is 111 cm³/mol. The molecule has 1 aliphatic rings. The van der Waals surface area contributed by atoms with Crippen molar-refractivity contribution in [3.63, 3.8) is 0 Å². The second kappa shape index (κ2) is 6.51. The van der Waals surface area contributed by atoms with Gasteiger partial charge in [-0.2, -0.15) is 4.98 Å². The quantitative estimate of drug-likeness (QED) is 0.497. The molecule has 0 spiro atoms. The molecule has 8 heteroatoms. The van der Waals surface area contributed by atoms with E-state index in [9.17, 15) is 4.79 Å². The van der Waals surface area contributed by atoms with Gasteiger partial charge in [-0.25, -0.2) is 4.98 Å². The fourth-order valence-electron chi connectivity index (χ4n) is 4.19. The Labute approximate surface area is 167 Å². The number of benzene rings is 1. The molecule has 0 unspecified atom stereocenters. The average Bonchev–Trinajstić information content (AvgIpc) is 3.09. The number of hydrogen-bond donors (Lipinski definition) is 3. The molecule has 1 aliphatic carbocycles. The summed E-state index contributed by atoms with van der Waals surface area (Å²) in [5.74, 6) is 0.590. The summed E-state index contributed by atoms with van der Waals surface area (Å²) in [6, 6.07) is 6.27. The molecule has 4 aromatic rings. The van der Waals surface area contributed by atoms with Gasteiger partial charge in [0.1, 0.15) is 5.65 Å². The standard InChI is InChI=1S/C21H21N7O/c1-12(29)28-21(2)8-14(9-21)26-20-25-11-16-15(10-24-19(16)27-20)13-3-4-17-18(7-13)23-6-5-22-17/h3-7,10-11,14H,8-9H2,1-2H3,(H,28,29)(H2,24,25,26,27)/t14-,21+. The van der Waals surface area contributed by atoms with E-state index in [-0.39, 0.29) is 17.5 Å². The Balaban J connectivity index is 1.37. The van der Waals surface area contributed by atoms with E-state index in [0.717, 1.165) is 46.0 Å². The summed E-state index contributed by atoms with van der Waals surface area (Å²) in [5, 5.41) is 7.31. The molecule has 0 atom stereocenters. The Morgan fingerprint density at radius 2 is 1.97 bits per heavy atom. The van der Waals surface area contributed by atoms with Crippen LogP contribution in [0.3, 0.4) is 0 Å². The number of carbonyl (C=O) groups is 1. The number of nitrogens with zero attached hydrogens (tertiary/aromatic N) is 4. The largest absolute Gasteiger partial charge is 0.351 e. The maximum atomic E-state index is 11.3. The highest BCUT2D eigenvalue weighted by molar-refractivity contribution is 5.95. The average molecular weight is 387 g/mol. The molecule has 29 heavy (non-hydrogen) atoms. The summed E-state index contributed by atoms with van der Waals surface area (Å²) < 4.78 is 0. The van der Waals surface area contributed by atoms with E-state index in [1.807, 2.05) is 30.6 Å². The first-order valence-electron chi connectivity index (χ1n) is 9.60. The van der Waals surface area contributed by atoms with Crippen molar-refractivity contribution in [3.05, 3.63) is 43.0 Å². The van der Waals surface area contributed by atoms with Crippen LogP contribution < -0.4 is 10.6 Å². The van der Waals surface area contributed by atoms with E-state index in [1.54, 1.807) is 19.3 Å². The highest BCUT2D eigenvalue weighted by atomic mass is 16.1. The van der Waals surface area contributed by atoms with Crippen LogP contribution in [0.25, 0.3) is 33.2 Å². The molecule has 146 valence electrons. The van der Waals surface area contributed by atoms with E-state index in [1.165, 1.54) is 0 Å². The highest BCUT2D eigenvalue weighted by Crippen LogP contribution is 2.34. The van der Waals surface area contributed by atoms with E-state index >= 15 is 0 Å². The minimum Gasteiger partial charge on any atom is -0.351 e. The first kappa shape index (κ1) is 17.5. The third-order valence-corrected chi connectivity index (χ3v) is 5.42. The second-order valence-corrected chi connectivity index (χ2v) is 7.91. The number of anilines is 1. The lowest BCUT2D eigenvalue weighted by molar-refractivity contribution is -0.121. The Hall–Kier alpha value is -3.55. The second-order valence-electron chi connectivity index (χ2n) is 7.91. The number of aromatic nitrogens is 5. The van der Waals surface area contributed by atoms with Crippen molar-refractivity contribution in [2.45, 2.75) is 38.3 Å². The van der Waals surface area contributed by atoms with E-state index in [2.05, 4.69) is 42.5 Å². The van der Waals surface area contributed by atoms with Crippen molar-refractivity contribution in [2.75, 3.05) is 5.32 Å². The number of amides is 1. The molecule has 3 heterocycles. The van der Waals surface area contributed by atoms with E-state index < -0.39 is 0 Å². The molecule has 1 aromatic carbocycles. The molecule has 5 rings (SSSR count). The zero-order chi connectivity index (χ0) is 20.0. The van der Waals surface area contributed by atoms with Gasteiger partial charge in [0, 0.05) is 54.2 Å². The Morgan fingerprint density at radius 3 is 2.76 bits per heavy atom. The summed E-state index contributed by atoms with van der Waals surface area (Å²) in [7, 11) is 0. The van der Waals surface area contributed by atoms with Crippen LogP contribution in [0.2, 0.25) is 0 Å². The summed E-state index contributed by atoms with van der Waals surface area (Å²) in [5.41, 5.74) is 4.42. The van der Waals surface area contributed by atoms with Gasteiger partial charge in [0.25, 0.3) is 0 Å². The van der Waals surface area contributed by atoms with Crippen molar-refractivity contribution in [3.8, 4) is 11.1 Å². The minimum atomic E-state index is -0.147. The maximum absolute atomic E-state index is 11.3. The molecule has 1 saturated carbocycles. The molecule has 0 saturated heterocycles. The molecule has 8 nitrogen and oxygen atoms in total. The number of H-pyrrole nitrogens is 1. The van der Waals surface area contributed by atoms with Gasteiger partial charge in [0.05, 0.1) is 11.0 Å². The number of hydrogen-bond acceptors (Lipinski definition) is 6. The molecule has 3 N–H and O–H groups in total. The van der Waals surface area contributed by atoms with E-state index in [4.69, 9.17) is 0 Å². The van der Waals surface area contributed by atoms with Crippen LogP contribution in [0.5, 0.6) is 0 Å². The zero-order valence-electron chi connectivity index (χ0n) is 16.2. The smallest absolute Gasteiger partial charge is 0.224 e. The van der Waals surface area contributed by atoms with Crippen molar-refractivity contribution < 1.29 is 4.79 Å². The van der Waals surface area contributed by atoms with Gasteiger partial charge >= 0.3 is 0 Å². The van der Waals surface area contributed by atoms with Crippen molar-refractivity contribution >= 4 is 33.9 Å². The van der Waals surface area contributed by atoms with E-state index in [0.29, 0.717) is 5.95 Å². The molecule has 0 bridgehead atoms. The predicted octanol–water partition coefficient (Wildman–Crippen LogP) is 3.04. The number of aromatic amines is 1. The number of fused-ring (bicyclic) bond motifs is 2. The van der Waals surface area contributed by atoms with Crippen LogP contribution in [0.1, 0.15) is 26.7 Å². The Kier molecular flexibility index (Phi) is 3.94. The van der Waals surface area contributed by atoms with Crippen molar-refractivity contribution in [1.29, 1.82) is 0 Å². The highest BCUT2D eigenvalue weighted by Gasteiger charge is 2.41. The van der Waals surface area contributed by atoms with Gasteiger partial charge in [-0.05, 0) is 37.5 Å². The molecule has 3 aromatic heterocycles. The van der Waals surface area contributed by atoms with Crippen molar-refractivity contribution in [1.82, 2.24) is 30.2 Å². The van der Waals surface area contributed by atoms with Gasteiger partial charge in [0.15, 0.2) is 0 Å². The lowest BCUT2D eigenvalue weighted by atomic mass is 9.74. The maximum Gasteiger partial charge on any atom is 0.224 e. The molecule has 1 fully saturated rings. The van der Waals surface area contributed by atoms with Gasteiger partial charge in [-0.1, -0.05) is 6.07 Å². The molecular weight excluding hydrogens is 366 g/mol. The lowest BCUT2D eigenvalue weighted by Gasteiger charge is -2.45. The van der Waals surface area contributed by atoms with Gasteiger partial charge in [0.2, 0.25) is 11.9 Å². The normalized spacial score (nSPS) is 21.1. The number of carbonyl (C=O) groups excluding carboxylic acids is 1. The topological polar surface area (TPSA) is 108 Å². The minimum absolute atomic E-state index is 0.00204. The Bertz CT molecular complexity index is 1230. The molecule has 0 radical (unpaired) electrons. The number of nitrogens with one attached hydrogen (secondary N) is 3. The zero-order valence-corrected chi connectivity index (χ0v) is 16.2. The van der Waals surface area contributed by atoms with Crippen molar-refractivity contribution in [2.24, 2.45) is 0 Å². The fraction of sp³-hybridized carbons (Fsp3) is 0.286. The summed E-state index contributed by atoms with van der Waals surface area (Å²) >= 11 is 0. The third kappa shape index (κ3) is 3.26. The van der Waals surface area contributed by atoms with Crippen LogP contribution in [-0.4, -0.2) is 42.4 Å². The monoisotopic (exact) mass is 387 g/mol. The van der Waals surface area contributed by atoms with Gasteiger partial charge < -0.3 is 15.6 Å². The fourth-order valence-corrected chi connectivity index (χ4v) is 4.19. The molecule has 0 aliphatic heterocycles. The summed E-state index contributed by atoms with van der Waals surface area (Å²) in [6.45, 7) is 3.61. The van der Waals surface area contributed by atoms with Gasteiger partial charge in [-0.3, -0.25) is 14.8 Å². The molecular formula is C21H21N7O. The first-order chi connectivity index (χ1) is 14.0. The van der Waals surface area contributed by atoms with Crippen LogP contribution in [0.15, 0.2) is 43.0 Å². The summed E-state index contributed by atoms with van der Waals surface area (Å²) in [6.07, 6.45) is 8.86.